The Bertz CT molecular complexity index is 1030. The Kier molecular flexibility index (Phi) is 8.32. The lowest BCUT2D eigenvalue weighted by atomic mass is 9.82. The number of nitrogens with one attached hydrogen (secondary N) is 6. The van der Waals surface area contributed by atoms with E-state index in [1.165, 1.54) is 11.6 Å². The fourth-order valence-electron chi connectivity index (χ4n) is 7.08. The van der Waals surface area contributed by atoms with E-state index < -0.39 is 0 Å². The molecule has 0 aromatic rings. The highest BCUT2D eigenvalue weighted by atomic mass is 35.5. The van der Waals surface area contributed by atoms with E-state index in [4.69, 9.17) is 16.3 Å². The van der Waals surface area contributed by atoms with E-state index in [2.05, 4.69) is 57.7 Å². The summed E-state index contributed by atoms with van der Waals surface area (Å²) in [5.41, 5.74) is 4.65. The number of fused-ring (bicyclic) bond motifs is 2. The zero-order valence-corrected chi connectivity index (χ0v) is 23.6. The molecule has 0 bridgehead atoms. The van der Waals surface area contributed by atoms with E-state index in [1.54, 1.807) is 0 Å². The number of halogens is 1. The van der Waals surface area contributed by atoms with Gasteiger partial charge < -0.3 is 15.0 Å². The summed E-state index contributed by atoms with van der Waals surface area (Å²) in [5.74, 6) is 1.32. The summed E-state index contributed by atoms with van der Waals surface area (Å²) in [4.78, 5) is 13.8. The van der Waals surface area contributed by atoms with Gasteiger partial charge in [0, 0.05) is 44.0 Å². The molecule has 0 radical (unpaired) electrons. The first kappa shape index (κ1) is 27.3. The third kappa shape index (κ3) is 5.93. The highest BCUT2D eigenvalue weighted by molar-refractivity contribution is 6.29. The summed E-state index contributed by atoms with van der Waals surface area (Å²) in [6, 6.07) is 1.57. The van der Waals surface area contributed by atoms with Gasteiger partial charge in [0.25, 0.3) is 0 Å². The average Bonchev–Trinajstić information content (AvgIpc) is 3.44. The summed E-state index contributed by atoms with van der Waals surface area (Å²) in [6.07, 6.45) is 14.5. The molecule has 214 valence electrons. The number of carbonyl (C=O) groups excluding carboxylic acids is 1. The fourth-order valence-corrected chi connectivity index (χ4v) is 7.35. The van der Waals surface area contributed by atoms with Gasteiger partial charge in [-0.1, -0.05) is 36.8 Å². The molecule has 0 spiro atoms. The lowest BCUT2D eigenvalue weighted by Gasteiger charge is -2.48. The van der Waals surface area contributed by atoms with Gasteiger partial charge >= 0.3 is 0 Å². The Morgan fingerprint density at radius 2 is 2.10 bits per heavy atom. The Morgan fingerprint density at radius 3 is 2.90 bits per heavy atom. The number of carbonyl (C=O) groups is 1. The van der Waals surface area contributed by atoms with Gasteiger partial charge in [-0.05, 0) is 56.6 Å². The van der Waals surface area contributed by atoms with Gasteiger partial charge in [0.05, 0.1) is 18.9 Å². The third-order valence-corrected chi connectivity index (χ3v) is 9.55. The molecule has 4 fully saturated rings. The van der Waals surface area contributed by atoms with Crippen molar-refractivity contribution in [2.45, 2.75) is 88.1 Å². The van der Waals surface area contributed by atoms with Crippen LogP contribution in [0.3, 0.4) is 0 Å². The molecule has 0 aromatic carbocycles. The molecule has 8 unspecified atom stereocenters. The minimum absolute atomic E-state index is 0.0201. The number of ether oxygens (including phenoxy) is 1. The van der Waals surface area contributed by atoms with Crippen LogP contribution in [0.2, 0.25) is 0 Å². The summed E-state index contributed by atoms with van der Waals surface area (Å²) in [6.45, 7) is 8.90. The van der Waals surface area contributed by atoms with Crippen molar-refractivity contribution >= 4 is 17.5 Å². The zero-order valence-electron chi connectivity index (χ0n) is 22.8. The summed E-state index contributed by atoms with van der Waals surface area (Å²) in [5, 5.41) is 21.2. The maximum Gasteiger partial charge on any atom is 0.246 e. The number of hydrazine groups is 1. The second-order valence-corrected chi connectivity index (χ2v) is 12.1. The summed E-state index contributed by atoms with van der Waals surface area (Å²) in [7, 11) is 0. The number of allylic oxidation sites excluding steroid dienone is 1. The molecule has 1 amide bonds. The smallest absolute Gasteiger partial charge is 0.246 e. The topological polar surface area (TPSA) is 105 Å². The Labute approximate surface area is 236 Å². The fraction of sp³-hybridized carbons (Fsp3) is 0.679. The van der Waals surface area contributed by atoms with Gasteiger partial charge in [-0.2, -0.15) is 0 Å². The highest BCUT2D eigenvalue weighted by Crippen LogP contribution is 2.32. The van der Waals surface area contributed by atoms with Crippen molar-refractivity contribution in [3.05, 3.63) is 47.4 Å². The normalized spacial score (nSPS) is 38.7. The van der Waals surface area contributed by atoms with Crippen LogP contribution in [0.4, 0.5) is 0 Å². The maximum atomic E-state index is 12.0. The molecule has 5 aliphatic heterocycles. The molecule has 0 aromatic heterocycles. The Morgan fingerprint density at radius 1 is 1.21 bits per heavy atom. The maximum absolute atomic E-state index is 12.0. The van der Waals surface area contributed by atoms with Crippen LogP contribution < -0.4 is 32.0 Å². The quantitative estimate of drug-likeness (QED) is 0.163. The summed E-state index contributed by atoms with van der Waals surface area (Å²) >= 11 is 6.45. The molecular formula is C28H43ClN8O2. The van der Waals surface area contributed by atoms with Crippen LogP contribution in [-0.2, 0) is 9.53 Å². The molecule has 6 rings (SSSR count). The zero-order chi connectivity index (χ0) is 26.9. The Balaban J connectivity index is 1.03. The van der Waals surface area contributed by atoms with Crippen LogP contribution in [0.5, 0.6) is 0 Å². The molecule has 8 atom stereocenters. The van der Waals surface area contributed by atoms with Crippen LogP contribution in [0.1, 0.15) is 45.4 Å². The van der Waals surface area contributed by atoms with Crippen molar-refractivity contribution < 1.29 is 9.53 Å². The van der Waals surface area contributed by atoms with Crippen LogP contribution in [0, 0.1) is 5.92 Å². The molecule has 6 N–H and O–H groups in total. The van der Waals surface area contributed by atoms with Gasteiger partial charge in [0.1, 0.15) is 23.2 Å². The van der Waals surface area contributed by atoms with E-state index in [1.807, 2.05) is 16.0 Å². The number of amides is 1. The highest BCUT2D eigenvalue weighted by Gasteiger charge is 2.41. The first-order valence-corrected chi connectivity index (χ1v) is 15.0. The molecule has 6 aliphatic rings. The van der Waals surface area contributed by atoms with E-state index in [0.717, 1.165) is 57.5 Å². The average molecular weight is 559 g/mol. The third-order valence-electron chi connectivity index (χ3n) is 9.26. The standard InChI is InChI=1S/C28H43ClN8O2/c1-3-26(38)36-10-8-18(9-11-36)21-5-6-22-27(35-21)28(32-15-30-22)34-19-4-7-23(17(2)12-19)39-20-13-24(29)37-25(14-20)31-16-33-37/h3,8,13-14,17,19,21-23,25,27-28,30-35H,1,4-7,9-12,15-16H2,2H3. The number of piperidine rings is 1. The van der Waals surface area contributed by atoms with Crippen molar-refractivity contribution in [1.82, 2.24) is 41.9 Å². The van der Waals surface area contributed by atoms with E-state index in [-0.39, 0.29) is 24.3 Å². The molecule has 1 saturated carbocycles. The van der Waals surface area contributed by atoms with Crippen LogP contribution in [-0.4, -0.2) is 84.8 Å². The predicted octanol–water partition coefficient (Wildman–Crippen LogP) is 1.13. The lowest BCUT2D eigenvalue weighted by Crippen LogP contribution is -2.73. The monoisotopic (exact) mass is 558 g/mol. The van der Waals surface area contributed by atoms with Crippen molar-refractivity contribution in [3.63, 3.8) is 0 Å². The molecular weight excluding hydrogens is 516 g/mol. The van der Waals surface area contributed by atoms with Gasteiger partial charge in [-0.25, -0.2) is 5.43 Å². The number of hydrogen-bond acceptors (Lipinski definition) is 9. The van der Waals surface area contributed by atoms with Crippen LogP contribution >= 0.6 is 11.6 Å². The van der Waals surface area contributed by atoms with Gasteiger partial charge in [0.2, 0.25) is 5.91 Å². The summed E-state index contributed by atoms with van der Waals surface area (Å²) < 4.78 is 6.46. The van der Waals surface area contributed by atoms with Gasteiger partial charge in [-0.3, -0.25) is 31.1 Å². The van der Waals surface area contributed by atoms with E-state index in [9.17, 15) is 4.79 Å². The van der Waals surface area contributed by atoms with Crippen molar-refractivity contribution in [1.29, 1.82) is 0 Å². The van der Waals surface area contributed by atoms with Gasteiger partial charge in [-0.15, -0.1) is 0 Å². The van der Waals surface area contributed by atoms with Crippen LogP contribution in [0.15, 0.2) is 47.4 Å². The van der Waals surface area contributed by atoms with Crippen LogP contribution in [0.25, 0.3) is 0 Å². The van der Waals surface area contributed by atoms with Crippen molar-refractivity contribution in [2.75, 3.05) is 26.4 Å². The second-order valence-electron chi connectivity index (χ2n) is 11.7. The first-order chi connectivity index (χ1) is 19.0. The SMILES string of the molecule is C=CC(=O)N1CC=C(C2CCC3NCNC(NC4CCC(OC5=CC6NCNN6C(Cl)=C5)C(C)C4)C3N2)CC1. The number of hydrogen-bond donors (Lipinski definition) is 6. The number of rotatable bonds is 6. The predicted molar refractivity (Wildman–Crippen MR) is 152 cm³/mol. The molecule has 39 heavy (non-hydrogen) atoms. The molecule has 11 heteroatoms. The molecule has 1 aliphatic carbocycles. The minimum atomic E-state index is 0.0201. The molecule has 10 nitrogen and oxygen atoms in total. The lowest BCUT2D eigenvalue weighted by molar-refractivity contribution is -0.125. The minimum Gasteiger partial charge on any atom is -0.490 e. The largest absolute Gasteiger partial charge is 0.490 e. The molecule has 5 heterocycles. The Hall–Kier alpha value is -1.92. The van der Waals surface area contributed by atoms with E-state index in [0.29, 0.717) is 48.5 Å². The van der Waals surface area contributed by atoms with Gasteiger partial charge in [0.15, 0.2) is 0 Å². The van der Waals surface area contributed by atoms with Crippen molar-refractivity contribution in [3.8, 4) is 0 Å². The second kappa shape index (κ2) is 11.9. The number of nitrogens with zero attached hydrogens (tertiary/aromatic N) is 2. The first-order valence-electron chi connectivity index (χ1n) is 14.6. The molecule has 3 saturated heterocycles. The van der Waals surface area contributed by atoms with E-state index >= 15 is 0 Å². The van der Waals surface area contributed by atoms with Crippen molar-refractivity contribution in [2.24, 2.45) is 5.92 Å².